The number of rotatable bonds is 8. The summed E-state index contributed by atoms with van der Waals surface area (Å²) in [6.07, 6.45) is 2.78. The van der Waals surface area contributed by atoms with E-state index in [1.54, 1.807) is 12.1 Å². The Morgan fingerprint density at radius 3 is 2.74 bits per heavy atom. The molecule has 0 aromatic heterocycles. The maximum atomic E-state index is 12.9. The maximum Gasteiger partial charge on any atom is 0.212 e. The lowest BCUT2D eigenvalue weighted by Gasteiger charge is -2.07. The van der Waals surface area contributed by atoms with Crippen LogP contribution in [0.2, 0.25) is 0 Å². The van der Waals surface area contributed by atoms with Gasteiger partial charge >= 0.3 is 0 Å². The van der Waals surface area contributed by atoms with E-state index in [1.807, 2.05) is 0 Å². The van der Waals surface area contributed by atoms with Crippen LogP contribution in [0.5, 0.6) is 0 Å². The molecule has 1 saturated carbocycles. The highest BCUT2D eigenvalue weighted by atomic mass is 32.2. The summed E-state index contributed by atoms with van der Waals surface area (Å²) in [6.45, 7) is 0.787. The summed E-state index contributed by atoms with van der Waals surface area (Å²) in [5.41, 5.74) is 0.791. The Morgan fingerprint density at radius 1 is 1.26 bits per heavy atom. The highest BCUT2D eigenvalue weighted by Gasteiger charge is 2.20. The van der Waals surface area contributed by atoms with E-state index >= 15 is 0 Å². The molecule has 1 aromatic rings. The number of hydrogen-bond acceptors (Lipinski definition) is 3. The lowest BCUT2D eigenvalue weighted by molar-refractivity contribution is 0.576. The molecule has 2 rings (SSSR count). The first-order valence-electron chi connectivity index (χ1n) is 6.50. The second-order valence-corrected chi connectivity index (χ2v) is 6.75. The van der Waals surface area contributed by atoms with Crippen molar-refractivity contribution in [2.75, 3.05) is 18.8 Å². The van der Waals surface area contributed by atoms with Crippen LogP contribution >= 0.6 is 0 Å². The van der Waals surface area contributed by atoms with Crippen LogP contribution in [0.15, 0.2) is 24.3 Å². The van der Waals surface area contributed by atoms with Gasteiger partial charge in [-0.2, -0.15) is 0 Å². The van der Waals surface area contributed by atoms with E-state index in [0.717, 1.165) is 18.4 Å². The highest BCUT2D eigenvalue weighted by molar-refractivity contribution is 7.89. The molecule has 0 spiro atoms. The topological polar surface area (TPSA) is 58.2 Å². The molecule has 6 heteroatoms. The van der Waals surface area contributed by atoms with Crippen molar-refractivity contribution in [2.45, 2.75) is 25.3 Å². The molecule has 1 aliphatic carbocycles. The van der Waals surface area contributed by atoms with Crippen LogP contribution < -0.4 is 10.0 Å². The van der Waals surface area contributed by atoms with E-state index in [1.165, 1.54) is 12.1 Å². The van der Waals surface area contributed by atoms with Crippen molar-refractivity contribution in [1.82, 2.24) is 10.0 Å². The molecule has 19 heavy (non-hydrogen) atoms. The molecule has 1 fully saturated rings. The standard InChI is InChI=1S/C13H19FN2O2S/c14-12-3-1-2-11(10-12)6-7-16-19(17,18)9-8-15-13-4-5-13/h1-3,10,13,15-16H,4-9H2. The summed E-state index contributed by atoms with van der Waals surface area (Å²) in [7, 11) is -3.24. The Morgan fingerprint density at radius 2 is 2.05 bits per heavy atom. The molecule has 0 atom stereocenters. The zero-order valence-corrected chi connectivity index (χ0v) is 11.5. The Labute approximate surface area is 113 Å². The zero-order valence-electron chi connectivity index (χ0n) is 10.7. The lowest BCUT2D eigenvalue weighted by atomic mass is 10.1. The average molecular weight is 286 g/mol. The Bertz CT molecular complexity index is 515. The second kappa shape index (κ2) is 6.45. The van der Waals surface area contributed by atoms with Gasteiger partial charge in [0.1, 0.15) is 5.82 Å². The second-order valence-electron chi connectivity index (χ2n) is 4.82. The van der Waals surface area contributed by atoms with Crippen LogP contribution in [0.1, 0.15) is 18.4 Å². The van der Waals surface area contributed by atoms with E-state index in [-0.39, 0.29) is 11.6 Å². The van der Waals surface area contributed by atoms with Crippen molar-refractivity contribution in [3.8, 4) is 0 Å². The monoisotopic (exact) mass is 286 g/mol. The van der Waals surface area contributed by atoms with Gasteiger partial charge in [-0.05, 0) is 37.0 Å². The van der Waals surface area contributed by atoms with Gasteiger partial charge < -0.3 is 5.32 Å². The first-order chi connectivity index (χ1) is 9.05. The molecule has 0 bridgehead atoms. The Balaban J connectivity index is 1.68. The van der Waals surface area contributed by atoms with Gasteiger partial charge in [-0.3, -0.25) is 0 Å². The van der Waals surface area contributed by atoms with Crippen LogP contribution in [-0.4, -0.2) is 33.3 Å². The zero-order chi connectivity index (χ0) is 13.7. The fourth-order valence-corrected chi connectivity index (χ4v) is 2.74. The predicted octanol–water partition coefficient (Wildman–Crippen LogP) is 1.04. The van der Waals surface area contributed by atoms with Gasteiger partial charge in [-0.15, -0.1) is 0 Å². The van der Waals surface area contributed by atoms with Gasteiger partial charge in [0.15, 0.2) is 0 Å². The molecule has 0 radical (unpaired) electrons. The first kappa shape index (κ1) is 14.4. The lowest BCUT2D eigenvalue weighted by Crippen LogP contribution is -2.33. The molecule has 0 saturated heterocycles. The summed E-state index contributed by atoms with van der Waals surface area (Å²) in [4.78, 5) is 0. The van der Waals surface area contributed by atoms with Gasteiger partial charge in [-0.1, -0.05) is 12.1 Å². The van der Waals surface area contributed by atoms with Crippen molar-refractivity contribution in [1.29, 1.82) is 0 Å². The minimum absolute atomic E-state index is 0.0899. The van der Waals surface area contributed by atoms with Crippen molar-refractivity contribution in [2.24, 2.45) is 0 Å². The van der Waals surface area contributed by atoms with Gasteiger partial charge in [0, 0.05) is 19.1 Å². The van der Waals surface area contributed by atoms with E-state index in [0.29, 0.717) is 25.6 Å². The molecular formula is C13H19FN2O2S. The average Bonchev–Trinajstić information content (AvgIpc) is 3.12. The van der Waals surface area contributed by atoms with Gasteiger partial charge in [0.2, 0.25) is 10.0 Å². The molecule has 106 valence electrons. The van der Waals surface area contributed by atoms with Crippen LogP contribution in [0, 0.1) is 5.82 Å². The fraction of sp³-hybridized carbons (Fsp3) is 0.538. The quantitative estimate of drug-likeness (QED) is 0.751. The largest absolute Gasteiger partial charge is 0.313 e. The number of hydrogen-bond donors (Lipinski definition) is 2. The minimum atomic E-state index is -3.24. The molecule has 0 aliphatic heterocycles. The predicted molar refractivity (Wildman–Crippen MR) is 72.9 cm³/mol. The third-order valence-corrected chi connectivity index (χ3v) is 4.39. The van der Waals surface area contributed by atoms with Crippen molar-refractivity contribution in [3.63, 3.8) is 0 Å². The normalized spacial score (nSPS) is 15.6. The third-order valence-electron chi connectivity index (χ3n) is 3.01. The van der Waals surface area contributed by atoms with Gasteiger partial charge in [0.25, 0.3) is 0 Å². The van der Waals surface area contributed by atoms with E-state index < -0.39 is 10.0 Å². The van der Waals surface area contributed by atoms with Crippen molar-refractivity contribution < 1.29 is 12.8 Å². The van der Waals surface area contributed by atoms with Crippen molar-refractivity contribution >= 4 is 10.0 Å². The molecule has 1 aromatic carbocycles. The van der Waals surface area contributed by atoms with E-state index in [4.69, 9.17) is 0 Å². The van der Waals surface area contributed by atoms with Crippen LogP contribution in [0.4, 0.5) is 4.39 Å². The SMILES string of the molecule is O=S(=O)(CCNC1CC1)NCCc1cccc(F)c1. The number of benzene rings is 1. The molecule has 0 unspecified atom stereocenters. The highest BCUT2D eigenvalue weighted by Crippen LogP contribution is 2.17. The van der Waals surface area contributed by atoms with Crippen molar-refractivity contribution in [3.05, 3.63) is 35.6 Å². The molecular weight excluding hydrogens is 267 g/mol. The van der Waals surface area contributed by atoms with E-state index in [2.05, 4.69) is 10.0 Å². The smallest absolute Gasteiger partial charge is 0.212 e. The summed E-state index contributed by atoms with van der Waals surface area (Å²) >= 11 is 0. The van der Waals surface area contributed by atoms with Crippen LogP contribution in [0.3, 0.4) is 0 Å². The molecule has 4 nitrogen and oxygen atoms in total. The molecule has 0 heterocycles. The van der Waals surface area contributed by atoms with Crippen LogP contribution in [0.25, 0.3) is 0 Å². The van der Waals surface area contributed by atoms with Gasteiger partial charge in [-0.25, -0.2) is 17.5 Å². The number of sulfonamides is 1. The Hall–Kier alpha value is -0.980. The van der Waals surface area contributed by atoms with Crippen LogP contribution in [-0.2, 0) is 16.4 Å². The van der Waals surface area contributed by atoms with Gasteiger partial charge in [0.05, 0.1) is 5.75 Å². The fourth-order valence-electron chi connectivity index (χ4n) is 1.80. The number of nitrogens with one attached hydrogen (secondary N) is 2. The number of halogens is 1. The minimum Gasteiger partial charge on any atom is -0.313 e. The summed E-state index contributed by atoms with van der Waals surface area (Å²) in [6, 6.07) is 6.72. The third kappa shape index (κ3) is 5.67. The summed E-state index contributed by atoms with van der Waals surface area (Å²) < 4.78 is 38.8. The Kier molecular flexibility index (Phi) is 4.90. The first-order valence-corrected chi connectivity index (χ1v) is 8.15. The molecule has 1 aliphatic rings. The van der Waals surface area contributed by atoms with E-state index in [9.17, 15) is 12.8 Å². The maximum absolute atomic E-state index is 12.9. The summed E-state index contributed by atoms with van der Waals surface area (Å²) in [5, 5.41) is 3.16. The molecule has 2 N–H and O–H groups in total. The summed E-state index contributed by atoms with van der Waals surface area (Å²) in [5.74, 6) is -0.207. The molecule has 0 amide bonds.